The van der Waals surface area contributed by atoms with Crippen molar-refractivity contribution in [1.29, 1.82) is 0 Å². The first-order valence-electron chi connectivity index (χ1n) is 3.66. The van der Waals surface area contributed by atoms with E-state index < -0.39 is 0 Å². The van der Waals surface area contributed by atoms with E-state index in [0.29, 0.717) is 32.2 Å². The van der Waals surface area contributed by atoms with Crippen LogP contribution in [0.5, 0.6) is 0 Å². The smallest absolute Gasteiger partial charge is 0.120 e. The van der Waals surface area contributed by atoms with Crippen LogP contribution in [-0.4, -0.2) is 39.3 Å². The minimum Gasteiger partial charge on any atom is -0.386 e. The van der Waals surface area contributed by atoms with Crippen LogP contribution in [0, 0.1) is 0 Å². The predicted octanol–water partition coefficient (Wildman–Crippen LogP) is 0.0265. The Kier molecular flexibility index (Phi) is 7.08. The van der Waals surface area contributed by atoms with E-state index in [2.05, 4.69) is 4.99 Å². The number of hydrogen-bond donors (Lipinski definition) is 1. The van der Waals surface area contributed by atoms with Crippen molar-refractivity contribution in [2.45, 2.75) is 6.92 Å². The second kappa shape index (κ2) is 7.50. The lowest BCUT2D eigenvalue weighted by atomic mass is 10.6. The predicted molar refractivity (Wildman–Crippen MR) is 44.9 cm³/mol. The molecule has 0 aliphatic carbocycles. The van der Waals surface area contributed by atoms with Crippen molar-refractivity contribution in [3.05, 3.63) is 0 Å². The third-order valence-corrected chi connectivity index (χ3v) is 1.06. The van der Waals surface area contributed by atoms with Crippen molar-refractivity contribution in [2.75, 3.05) is 33.5 Å². The Labute approximate surface area is 67.4 Å². The molecule has 0 amide bonds. The first-order valence-corrected chi connectivity index (χ1v) is 3.66. The van der Waals surface area contributed by atoms with E-state index in [1.54, 1.807) is 7.11 Å². The van der Waals surface area contributed by atoms with Crippen LogP contribution in [0.25, 0.3) is 0 Å². The van der Waals surface area contributed by atoms with Crippen molar-refractivity contribution in [1.82, 2.24) is 0 Å². The van der Waals surface area contributed by atoms with Crippen molar-refractivity contribution < 1.29 is 9.47 Å². The molecule has 4 nitrogen and oxygen atoms in total. The summed E-state index contributed by atoms with van der Waals surface area (Å²) in [6, 6.07) is 0. The number of aliphatic imine (C=N–C) groups is 1. The van der Waals surface area contributed by atoms with E-state index in [-0.39, 0.29) is 0 Å². The molecule has 0 saturated carbocycles. The number of amidine groups is 1. The van der Waals surface area contributed by atoms with E-state index >= 15 is 0 Å². The van der Waals surface area contributed by atoms with Crippen molar-refractivity contribution in [2.24, 2.45) is 10.7 Å². The molecule has 0 aliphatic heterocycles. The molecule has 0 aliphatic rings. The number of nitrogens with two attached hydrogens (primary N) is 1. The molecule has 2 N–H and O–H groups in total. The van der Waals surface area contributed by atoms with Gasteiger partial charge >= 0.3 is 0 Å². The van der Waals surface area contributed by atoms with Gasteiger partial charge in [0, 0.05) is 13.7 Å². The number of methoxy groups -OCH3 is 1. The number of hydrogen-bond acceptors (Lipinski definition) is 3. The van der Waals surface area contributed by atoms with Crippen LogP contribution in [0.15, 0.2) is 4.99 Å². The molecule has 0 rings (SSSR count). The summed E-state index contributed by atoms with van der Waals surface area (Å²) < 4.78 is 9.82. The van der Waals surface area contributed by atoms with Gasteiger partial charge in [0.05, 0.1) is 13.2 Å². The molecule has 0 aromatic rings. The van der Waals surface area contributed by atoms with Gasteiger partial charge in [-0.3, -0.25) is 4.99 Å². The van der Waals surface area contributed by atoms with E-state index in [1.165, 1.54) is 0 Å². The van der Waals surface area contributed by atoms with Gasteiger partial charge in [-0.05, 0) is 6.92 Å². The van der Waals surface area contributed by atoms with E-state index in [9.17, 15) is 0 Å². The highest BCUT2D eigenvalue weighted by atomic mass is 16.5. The maximum Gasteiger partial charge on any atom is 0.120 e. The van der Waals surface area contributed by atoms with Gasteiger partial charge < -0.3 is 15.2 Å². The molecular weight excluding hydrogens is 144 g/mol. The van der Waals surface area contributed by atoms with Crippen molar-refractivity contribution in [3.63, 3.8) is 0 Å². The summed E-state index contributed by atoms with van der Waals surface area (Å²) in [5.41, 5.74) is 5.47. The number of rotatable bonds is 6. The standard InChI is InChI=1S/C7H16N2O2/c1-3-11-6-7(8)9-4-5-10-2/h3-6H2,1-2H3,(H2,8,9). The molecule has 0 aromatic heterocycles. The summed E-state index contributed by atoms with van der Waals surface area (Å²) in [6.45, 7) is 4.21. The quantitative estimate of drug-likeness (QED) is 0.339. The molecule has 0 aromatic carbocycles. The molecule has 0 radical (unpaired) electrons. The first kappa shape index (κ1) is 10.4. The second-order valence-corrected chi connectivity index (χ2v) is 2.00. The maximum absolute atomic E-state index is 5.47. The molecule has 0 bridgehead atoms. The summed E-state index contributed by atoms with van der Waals surface area (Å²) in [6.07, 6.45) is 0. The zero-order valence-electron chi connectivity index (χ0n) is 7.17. The minimum atomic E-state index is 0.417. The Hall–Kier alpha value is -0.610. The number of nitrogens with zero attached hydrogens (tertiary/aromatic N) is 1. The third kappa shape index (κ3) is 7.29. The Balaban J connectivity index is 3.30. The minimum absolute atomic E-state index is 0.417. The molecule has 0 atom stereocenters. The molecule has 0 fully saturated rings. The summed E-state index contributed by atoms with van der Waals surface area (Å²) >= 11 is 0. The van der Waals surface area contributed by atoms with Gasteiger partial charge in [0.25, 0.3) is 0 Å². The van der Waals surface area contributed by atoms with Crippen LogP contribution >= 0.6 is 0 Å². The molecule has 11 heavy (non-hydrogen) atoms. The topological polar surface area (TPSA) is 56.8 Å². The first-order chi connectivity index (χ1) is 5.31. The summed E-state index contributed by atoms with van der Waals surface area (Å²) in [7, 11) is 1.63. The summed E-state index contributed by atoms with van der Waals surface area (Å²) in [4.78, 5) is 4.00. The normalized spacial score (nSPS) is 12.0. The molecule has 66 valence electrons. The van der Waals surface area contributed by atoms with Crippen LogP contribution in [0.3, 0.4) is 0 Å². The lowest BCUT2D eigenvalue weighted by molar-refractivity contribution is 0.185. The maximum atomic E-state index is 5.47. The van der Waals surface area contributed by atoms with Gasteiger partial charge in [0.1, 0.15) is 12.4 Å². The summed E-state index contributed by atoms with van der Waals surface area (Å²) in [5, 5.41) is 0. The Morgan fingerprint density at radius 3 is 2.82 bits per heavy atom. The van der Waals surface area contributed by atoms with Crippen LogP contribution in [-0.2, 0) is 9.47 Å². The fourth-order valence-electron chi connectivity index (χ4n) is 0.533. The van der Waals surface area contributed by atoms with Gasteiger partial charge in [0.15, 0.2) is 0 Å². The number of ether oxygens (including phenoxy) is 2. The zero-order chi connectivity index (χ0) is 8.53. The van der Waals surface area contributed by atoms with Gasteiger partial charge in [0.2, 0.25) is 0 Å². The van der Waals surface area contributed by atoms with Crippen LogP contribution in [0.4, 0.5) is 0 Å². The highest BCUT2D eigenvalue weighted by Gasteiger charge is 1.89. The Bertz CT molecular complexity index is 115. The fourth-order valence-corrected chi connectivity index (χ4v) is 0.533. The van der Waals surface area contributed by atoms with Gasteiger partial charge in [-0.25, -0.2) is 0 Å². The average Bonchev–Trinajstić information content (AvgIpc) is 2.01. The molecular formula is C7H16N2O2. The highest BCUT2D eigenvalue weighted by Crippen LogP contribution is 1.77. The lowest BCUT2D eigenvalue weighted by Crippen LogP contribution is -2.20. The molecule has 0 heterocycles. The van der Waals surface area contributed by atoms with Gasteiger partial charge in [-0.15, -0.1) is 0 Å². The van der Waals surface area contributed by atoms with Crippen LogP contribution in [0.1, 0.15) is 6.92 Å². The lowest BCUT2D eigenvalue weighted by Gasteiger charge is -1.99. The van der Waals surface area contributed by atoms with Crippen LogP contribution in [0.2, 0.25) is 0 Å². The van der Waals surface area contributed by atoms with Crippen LogP contribution < -0.4 is 5.73 Å². The summed E-state index contributed by atoms with van der Waals surface area (Å²) in [5.74, 6) is 0.531. The fraction of sp³-hybridized carbons (Fsp3) is 0.857. The highest BCUT2D eigenvalue weighted by molar-refractivity contribution is 5.81. The van der Waals surface area contributed by atoms with E-state index in [4.69, 9.17) is 15.2 Å². The van der Waals surface area contributed by atoms with E-state index in [1.807, 2.05) is 6.92 Å². The third-order valence-electron chi connectivity index (χ3n) is 1.06. The van der Waals surface area contributed by atoms with Gasteiger partial charge in [-0.1, -0.05) is 0 Å². The largest absolute Gasteiger partial charge is 0.386 e. The van der Waals surface area contributed by atoms with Crippen molar-refractivity contribution >= 4 is 5.84 Å². The average molecular weight is 160 g/mol. The van der Waals surface area contributed by atoms with Gasteiger partial charge in [-0.2, -0.15) is 0 Å². The Morgan fingerprint density at radius 1 is 1.55 bits per heavy atom. The second-order valence-electron chi connectivity index (χ2n) is 2.00. The molecule has 0 unspecified atom stereocenters. The van der Waals surface area contributed by atoms with E-state index in [0.717, 1.165) is 0 Å². The SMILES string of the molecule is CCOCC(N)=NCCOC. The molecule has 4 heteroatoms. The molecule has 0 saturated heterocycles. The molecule has 0 spiro atoms. The monoisotopic (exact) mass is 160 g/mol. The Morgan fingerprint density at radius 2 is 2.27 bits per heavy atom. The zero-order valence-corrected chi connectivity index (χ0v) is 7.17. The van der Waals surface area contributed by atoms with Crippen molar-refractivity contribution in [3.8, 4) is 0 Å².